The summed E-state index contributed by atoms with van der Waals surface area (Å²) in [6.45, 7) is 1.28. The largest absolute Gasteiger partial charge is 0.314 e. The summed E-state index contributed by atoms with van der Waals surface area (Å²) >= 11 is 0. The molecule has 2 aliphatic carbocycles. The van der Waals surface area contributed by atoms with Gasteiger partial charge < -0.3 is 5.32 Å². The molecule has 0 radical (unpaired) electrons. The first-order chi connectivity index (χ1) is 13.9. The van der Waals surface area contributed by atoms with E-state index in [1.807, 2.05) is 0 Å². The van der Waals surface area contributed by atoms with Crippen LogP contribution in [0.5, 0.6) is 0 Å². The lowest BCUT2D eigenvalue weighted by atomic mass is 9.80. The van der Waals surface area contributed by atoms with Gasteiger partial charge in [-0.1, -0.05) is 61.4 Å². The molecule has 1 saturated heterocycles. The minimum absolute atomic E-state index is 0.905. The predicted octanol–water partition coefficient (Wildman–Crippen LogP) is 6.80. The highest BCUT2D eigenvalue weighted by Gasteiger charge is 2.26. The predicted molar refractivity (Wildman–Crippen MR) is 121 cm³/mol. The molecule has 0 aromatic heterocycles. The first kappa shape index (κ1) is 18.2. The third-order valence-corrected chi connectivity index (χ3v) is 7.32. The van der Waals surface area contributed by atoms with Crippen molar-refractivity contribution in [3.63, 3.8) is 0 Å². The highest BCUT2D eigenvalue weighted by Crippen LogP contribution is 2.33. The van der Waals surface area contributed by atoms with E-state index in [1.54, 1.807) is 11.1 Å². The monoisotopic (exact) mass is 371 g/mol. The maximum atomic E-state index is 3.62. The number of benzene rings is 3. The molecule has 1 nitrogen and oxygen atoms in total. The van der Waals surface area contributed by atoms with Crippen LogP contribution in [0.25, 0.3) is 21.5 Å². The van der Waals surface area contributed by atoms with Gasteiger partial charge >= 0.3 is 0 Å². The summed E-state index contributed by atoms with van der Waals surface area (Å²) < 4.78 is 0. The van der Waals surface area contributed by atoms with E-state index in [-0.39, 0.29) is 0 Å². The third kappa shape index (κ3) is 3.57. The standard InChI is InChI=1S/C18H16.C9H17N/c1-3-7-15-13(5-1)9-11-18-16-8-4-2-6-14(16)10-12-17(15)18;1-2-6-9-8(4-1)5-3-7-10-9/h1,3,5,7,9-12H,2,4,6,8H2;8-10H,1-7H2. The molecule has 1 heterocycles. The van der Waals surface area contributed by atoms with Crippen LogP contribution in [0.1, 0.15) is 62.5 Å². The molecule has 146 valence electrons. The first-order valence-corrected chi connectivity index (χ1v) is 11.6. The first-order valence-electron chi connectivity index (χ1n) is 11.6. The van der Waals surface area contributed by atoms with Crippen LogP contribution in [0.3, 0.4) is 0 Å². The topological polar surface area (TPSA) is 12.0 Å². The molecule has 1 aliphatic heterocycles. The highest BCUT2D eigenvalue weighted by molar-refractivity contribution is 6.08. The van der Waals surface area contributed by atoms with Crippen LogP contribution in [0.2, 0.25) is 0 Å². The summed E-state index contributed by atoms with van der Waals surface area (Å²) in [5.41, 5.74) is 3.17. The van der Waals surface area contributed by atoms with Crippen molar-refractivity contribution < 1.29 is 0 Å². The number of hydrogen-bond donors (Lipinski definition) is 1. The Hall–Kier alpha value is -1.86. The average molecular weight is 372 g/mol. The normalized spacial score (nSPS) is 24.1. The van der Waals surface area contributed by atoms with Gasteiger partial charge in [0.2, 0.25) is 0 Å². The van der Waals surface area contributed by atoms with Crippen LogP contribution < -0.4 is 5.32 Å². The smallest absolute Gasteiger partial charge is 0.00953 e. The van der Waals surface area contributed by atoms with Crippen molar-refractivity contribution in [3.05, 3.63) is 59.7 Å². The van der Waals surface area contributed by atoms with E-state index in [2.05, 4.69) is 53.8 Å². The average Bonchev–Trinajstić information content (AvgIpc) is 2.79. The van der Waals surface area contributed by atoms with E-state index >= 15 is 0 Å². The van der Waals surface area contributed by atoms with Crippen molar-refractivity contribution in [2.75, 3.05) is 6.54 Å². The molecule has 2 fully saturated rings. The summed E-state index contributed by atoms with van der Waals surface area (Å²) in [6.07, 6.45) is 14.0. The van der Waals surface area contributed by atoms with Gasteiger partial charge in [-0.2, -0.15) is 0 Å². The molecule has 3 aromatic rings. The van der Waals surface area contributed by atoms with Gasteiger partial charge in [0.05, 0.1) is 0 Å². The molecule has 1 heteroatoms. The van der Waals surface area contributed by atoms with Crippen LogP contribution in [0.15, 0.2) is 48.5 Å². The zero-order valence-corrected chi connectivity index (χ0v) is 17.1. The van der Waals surface area contributed by atoms with E-state index in [0.29, 0.717) is 0 Å². The maximum absolute atomic E-state index is 3.62. The van der Waals surface area contributed by atoms with Gasteiger partial charge in [0.1, 0.15) is 0 Å². The molecule has 2 atom stereocenters. The van der Waals surface area contributed by atoms with Gasteiger partial charge in [0.25, 0.3) is 0 Å². The molecule has 1 saturated carbocycles. The van der Waals surface area contributed by atoms with Crippen LogP contribution in [-0.4, -0.2) is 12.6 Å². The summed E-state index contributed by atoms with van der Waals surface area (Å²) in [6, 6.07) is 18.9. The lowest BCUT2D eigenvalue weighted by Crippen LogP contribution is -2.42. The van der Waals surface area contributed by atoms with Crippen molar-refractivity contribution in [2.45, 2.75) is 70.3 Å². The second-order valence-corrected chi connectivity index (χ2v) is 9.04. The minimum Gasteiger partial charge on any atom is -0.314 e. The lowest BCUT2D eigenvalue weighted by Gasteiger charge is -2.36. The molecule has 1 N–H and O–H groups in total. The Kier molecular flexibility index (Phi) is 5.36. The van der Waals surface area contributed by atoms with E-state index in [0.717, 1.165) is 12.0 Å². The minimum atomic E-state index is 0.905. The number of rotatable bonds is 0. The van der Waals surface area contributed by atoms with E-state index in [4.69, 9.17) is 0 Å². The second-order valence-electron chi connectivity index (χ2n) is 9.04. The molecule has 3 aliphatic rings. The molecular formula is C27H33N. The number of hydrogen-bond acceptors (Lipinski definition) is 1. The number of nitrogens with one attached hydrogen (secondary N) is 1. The van der Waals surface area contributed by atoms with Crippen molar-refractivity contribution in [2.24, 2.45) is 5.92 Å². The Morgan fingerprint density at radius 1 is 0.643 bits per heavy atom. The van der Waals surface area contributed by atoms with E-state index in [9.17, 15) is 0 Å². The molecule has 2 unspecified atom stereocenters. The summed E-state index contributed by atoms with van der Waals surface area (Å²) in [5, 5.41) is 9.26. The van der Waals surface area contributed by atoms with Gasteiger partial charge in [-0.3, -0.25) is 0 Å². The molecule has 28 heavy (non-hydrogen) atoms. The van der Waals surface area contributed by atoms with E-state index < -0.39 is 0 Å². The summed E-state index contributed by atoms with van der Waals surface area (Å²) in [4.78, 5) is 0. The summed E-state index contributed by atoms with van der Waals surface area (Å²) in [5.74, 6) is 1.04. The number of fused-ring (bicyclic) bond motifs is 6. The molecule has 6 rings (SSSR count). The SMILES string of the molecule is C1CCC2NCCCC2C1.c1ccc2c(c1)ccc1c3c(ccc12)CCCC3. The quantitative estimate of drug-likeness (QED) is 0.428. The van der Waals surface area contributed by atoms with Crippen molar-refractivity contribution in [1.29, 1.82) is 0 Å². The maximum Gasteiger partial charge on any atom is 0.00953 e. The Morgan fingerprint density at radius 3 is 2.43 bits per heavy atom. The molecule has 0 spiro atoms. The van der Waals surface area contributed by atoms with Gasteiger partial charge in [-0.25, -0.2) is 0 Å². The Bertz CT molecular complexity index is 931. The van der Waals surface area contributed by atoms with Crippen molar-refractivity contribution >= 4 is 21.5 Å². The van der Waals surface area contributed by atoms with Crippen LogP contribution in [0, 0.1) is 5.92 Å². The number of piperidine rings is 1. The van der Waals surface area contributed by atoms with Crippen LogP contribution >= 0.6 is 0 Å². The fraction of sp³-hybridized carbons (Fsp3) is 0.481. The molecule has 0 bridgehead atoms. The van der Waals surface area contributed by atoms with Gasteiger partial charge in [-0.15, -0.1) is 0 Å². The van der Waals surface area contributed by atoms with Crippen molar-refractivity contribution in [3.8, 4) is 0 Å². The van der Waals surface area contributed by atoms with Crippen LogP contribution in [0.4, 0.5) is 0 Å². The Morgan fingerprint density at radius 2 is 1.46 bits per heavy atom. The van der Waals surface area contributed by atoms with Gasteiger partial charge in [-0.05, 0) is 96.5 Å². The zero-order valence-electron chi connectivity index (χ0n) is 17.1. The Labute approximate surface area is 169 Å². The van der Waals surface area contributed by atoms with Crippen molar-refractivity contribution in [1.82, 2.24) is 5.32 Å². The fourth-order valence-electron chi connectivity index (χ4n) is 5.82. The molecular weight excluding hydrogens is 338 g/mol. The lowest BCUT2D eigenvalue weighted by molar-refractivity contribution is 0.212. The van der Waals surface area contributed by atoms with Gasteiger partial charge in [0, 0.05) is 6.04 Å². The van der Waals surface area contributed by atoms with Crippen LogP contribution in [-0.2, 0) is 12.8 Å². The highest BCUT2D eigenvalue weighted by atomic mass is 14.9. The number of aryl methyl sites for hydroxylation is 2. The third-order valence-electron chi connectivity index (χ3n) is 7.32. The molecule has 0 amide bonds. The van der Waals surface area contributed by atoms with E-state index in [1.165, 1.54) is 92.3 Å². The fourth-order valence-corrected chi connectivity index (χ4v) is 5.82. The molecule has 3 aromatic carbocycles. The zero-order chi connectivity index (χ0) is 18.8. The summed E-state index contributed by atoms with van der Waals surface area (Å²) in [7, 11) is 0. The Balaban J connectivity index is 0.000000145. The second kappa shape index (κ2) is 8.25. The van der Waals surface area contributed by atoms with Gasteiger partial charge in [0.15, 0.2) is 0 Å².